The predicted octanol–water partition coefficient (Wildman–Crippen LogP) is 2.31. The Kier molecular flexibility index (Phi) is 4.19. The molecular formula is C14H20N2OS. The normalized spacial score (nSPS) is 15.5. The summed E-state index contributed by atoms with van der Waals surface area (Å²) in [5.41, 5.74) is 7.73. The molecule has 1 fully saturated rings. The second-order valence-corrected chi connectivity index (χ2v) is 5.33. The van der Waals surface area contributed by atoms with Gasteiger partial charge in [-0.15, -0.1) is 0 Å². The molecule has 0 bridgehead atoms. The maximum atomic E-state index is 5.68. The van der Waals surface area contributed by atoms with Gasteiger partial charge in [0.1, 0.15) is 10.7 Å². The van der Waals surface area contributed by atoms with E-state index >= 15 is 0 Å². The van der Waals surface area contributed by atoms with Crippen molar-refractivity contribution in [2.24, 2.45) is 5.73 Å². The van der Waals surface area contributed by atoms with Gasteiger partial charge in [0.15, 0.2) is 0 Å². The molecule has 2 N–H and O–H groups in total. The highest BCUT2D eigenvalue weighted by Gasteiger charge is 2.22. The number of ether oxygens (including phenoxy) is 1. The minimum atomic E-state index is 0.435. The van der Waals surface area contributed by atoms with Crippen LogP contribution < -0.4 is 10.5 Å². The maximum absolute atomic E-state index is 5.68. The zero-order valence-corrected chi connectivity index (χ0v) is 11.8. The Morgan fingerprint density at radius 1 is 1.50 bits per heavy atom. The van der Waals surface area contributed by atoms with Crippen molar-refractivity contribution < 1.29 is 4.74 Å². The van der Waals surface area contributed by atoms with E-state index in [1.165, 1.54) is 19.3 Å². The highest BCUT2D eigenvalue weighted by molar-refractivity contribution is 7.80. The van der Waals surface area contributed by atoms with Crippen LogP contribution >= 0.6 is 12.2 Å². The summed E-state index contributed by atoms with van der Waals surface area (Å²) in [6.07, 6.45) is 3.95. The summed E-state index contributed by atoms with van der Waals surface area (Å²) in [7, 11) is 3.86. The Morgan fingerprint density at radius 3 is 2.72 bits per heavy atom. The van der Waals surface area contributed by atoms with E-state index in [2.05, 4.69) is 11.9 Å². The van der Waals surface area contributed by atoms with Crippen molar-refractivity contribution in [1.29, 1.82) is 0 Å². The molecule has 0 spiro atoms. The minimum Gasteiger partial charge on any atom is -0.496 e. The summed E-state index contributed by atoms with van der Waals surface area (Å²) in [5, 5.41) is 0. The van der Waals surface area contributed by atoms with Crippen molar-refractivity contribution in [2.75, 3.05) is 14.2 Å². The summed E-state index contributed by atoms with van der Waals surface area (Å²) in [6.45, 7) is 0.879. The third-order valence-electron chi connectivity index (χ3n) is 3.68. The molecule has 98 valence electrons. The van der Waals surface area contributed by atoms with E-state index < -0.39 is 0 Å². The quantitative estimate of drug-likeness (QED) is 0.828. The smallest absolute Gasteiger partial charge is 0.123 e. The molecule has 0 atom stereocenters. The molecule has 0 unspecified atom stereocenters. The molecule has 1 aromatic carbocycles. The standard InChI is InChI=1S/C14H20N2OS/c1-16(12-4-3-5-12)9-11-8-10(14(15)18)6-7-13(11)17-2/h6-8,12H,3-5,9H2,1-2H3,(H2,15,18). The van der Waals surface area contributed by atoms with Crippen LogP contribution in [0.5, 0.6) is 5.75 Å². The molecular weight excluding hydrogens is 244 g/mol. The lowest BCUT2D eigenvalue weighted by Gasteiger charge is -2.35. The minimum absolute atomic E-state index is 0.435. The third-order valence-corrected chi connectivity index (χ3v) is 3.92. The first-order valence-corrected chi connectivity index (χ1v) is 6.69. The first-order valence-electron chi connectivity index (χ1n) is 6.28. The number of rotatable bonds is 5. The molecule has 0 amide bonds. The van der Waals surface area contributed by atoms with E-state index in [9.17, 15) is 0 Å². The number of hydrogen-bond acceptors (Lipinski definition) is 3. The summed E-state index contributed by atoms with van der Waals surface area (Å²) in [4.78, 5) is 2.82. The fourth-order valence-electron chi connectivity index (χ4n) is 2.28. The molecule has 1 aliphatic rings. The fourth-order valence-corrected chi connectivity index (χ4v) is 2.41. The molecule has 4 heteroatoms. The Bertz CT molecular complexity index is 443. The van der Waals surface area contributed by atoms with Crippen molar-refractivity contribution in [2.45, 2.75) is 31.8 Å². The van der Waals surface area contributed by atoms with E-state index in [0.29, 0.717) is 11.0 Å². The maximum Gasteiger partial charge on any atom is 0.123 e. The number of hydrogen-bond donors (Lipinski definition) is 1. The van der Waals surface area contributed by atoms with Gasteiger partial charge in [0.05, 0.1) is 7.11 Å². The lowest BCUT2D eigenvalue weighted by Crippen LogP contribution is -2.36. The number of methoxy groups -OCH3 is 1. The van der Waals surface area contributed by atoms with Crippen LogP contribution in [0.1, 0.15) is 30.4 Å². The van der Waals surface area contributed by atoms with Crippen LogP contribution in [0.4, 0.5) is 0 Å². The zero-order valence-electron chi connectivity index (χ0n) is 11.0. The average molecular weight is 264 g/mol. The van der Waals surface area contributed by atoms with Crippen LogP contribution in [0.15, 0.2) is 18.2 Å². The van der Waals surface area contributed by atoms with Gasteiger partial charge < -0.3 is 10.5 Å². The highest BCUT2D eigenvalue weighted by Crippen LogP contribution is 2.27. The first kappa shape index (κ1) is 13.3. The second kappa shape index (κ2) is 5.67. The molecule has 3 nitrogen and oxygen atoms in total. The van der Waals surface area contributed by atoms with Crippen molar-refractivity contribution in [1.82, 2.24) is 4.90 Å². The monoisotopic (exact) mass is 264 g/mol. The van der Waals surface area contributed by atoms with Gasteiger partial charge in [0.2, 0.25) is 0 Å². The number of nitrogens with two attached hydrogens (primary N) is 1. The van der Waals surface area contributed by atoms with Crippen LogP contribution in [-0.2, 0) is 6.54 Å². The van der Waals surface area contributed by atoms with Gasteiger partial charge in [-0.3, -0.25) is 4.90 Å². The Hall–Kier alpha value is -1.13. The van der Waals surface area contributed by atoms with Crippen molar-refractivity contribution >= 4 is 17.2 Å². The Morgan fingerprint density at radius 2 is 2.22 bits per heavy atom. The van der Waals surface area contributed by atoms with Gasteiger partial charge in [-0.05, 0) is 38.1 Å². The molecule has 18 heavy (non-hydrogen) atoms. The lowest BCUT2D eigenvalue weighted by atomic mass is 9.91. The Labute approximate surface area is 114 Å². The topological polar surface area (TPSA) is 38.5 Å². The molecule has 0 saturated heterocycles. The SMILES string of the molecule is COc1ccc(C(N)=S)cc1CN(C)C1CCC1. The van der Waals surface area contributed by atoms with Crippen molar-refractivity contribution in [3.05, 3.63) is 29.3 Å². The molecule has 1 aromatic rings. The van der Waals surface area contributed by atoms with Crippen LogP contribution in [0.3, 0.4) is 0 Å². The molecule has 0 aliphatic heterocycles. The summed E-state index contributed by atoms with van der Waals surface area (Å²) < 4.78 is 5.40. The summed E-state index contributed by atoms with van der Waals surface area (Å²) >= 11 is 5.02. The zero-order chi connectivity index (χ0) is 13.1. The summed E-state index contributed by atoms with van der Waals surface area (Å²) in [5.74, 6) is 0.904. The van der Waals surface area contributed by atoms with E-state index in [0.717, 1.165) is 23.4 Å². The van der Waals surface area contributed by atoms with Crippen LogP contribution in [-0.4, -0.2) is 30.1 Å². The number of thiocarbonyl (C=S) groups is 1. The number of nitrogens with zero attached hydrogens (tertiary/aromatic N) is 1. The van der Waals surface area contributed by atoms with E-state index in [4.69, 9.17) is 22.7 Å². The van der Waals surface area contributed by atoms with Gasteiger partial charge in [0.25, 0.3) is 0 Å². The Balaban J connectivity index is 2.17. The van der Waals surface area contributed by atoms with Crippen LogP contribution in [0, 0.1) is 0 Å². The molecule has 0 heterocycles. The van der Waals surface area contributed by atoms with Crippen LogP contribution in [0.2, 0.25) is 0 Å². The predicted molar refractivity (Wildman–Crippen MR) is 78.0 cm³/mol. The second-order valence-electron chi connectivity index (χ2n) is 4.89. The summed E-state index contributed by atoms with van der Waals surface area (Å²) in [6, 6.07) is 6.60. The van der Waals surface area contributed by atoms with Gasteiger partial charge >= 0.3 is 0 Å². The highest BCUT2D eigenvalue weighted by atomic mass is 32.1. The first-order chi connectivity index (χ1) is 8.61. The van der Waals surface area contributed by atoms with Crippen molar-refractivity contribution in [3.8, 4) is 5.75 Å². The number of benzene rings is 1. The van der Waals surface area contributed by atoms with Crippen molar-refractivity contribution in [3.63, 3.8) is 0 Å². The molecule has 0 aromatic heterocycles. The lowest BCUT2D eigenvalue weighted by molar-refractivity contribution is 0.151. The molecule has 0 radical (unpaired) electrons. The average Bonchev–Trinajstić information content (AvgIpc) is 2.26. The van der Waals surface area contributed by atoms with Gasteiger partial charge in [-0.25, -0.2) is 0 Å². The largest absolute Gasteiger partial charge is 0.496 e. The van der Waals surface area contributed by atoms with Gasteiger partial charge in [-0.2, -0.15) is 0 Å². The van der Waals surface area contributed by atoms with Gasteiger partial charge in [-0.1, -0.05) is 18.6 Å². The van der Waals surface area contributed by atoms with E-state index in [1.54, 1.807) is 7.11 Å². The van der Waals surface area contributed by atoms with Crippen LogP contribution in [0.25, 0.3) is 0 Å². The van der Waals surface area contributed by atoms with Gasteiger partial charge in [0, 0.05) is 23.7 Å². The molecule has 1 aliphatic carbocycles. The van der Waals surface area contributed by atoms with E-state index in [-0.39, 0.29) is 0 Å². The molecule has 2 rings (SSSR count). The molecule has 1 saturated carbocycles. The van der Waals surface area contributed by atoms with E-state index in [1.807, 2.05) is 18.2 Å². The fraction of sp³-hybridized carbons (Fsp3) is 0.500. The third kappa shape index (κ3) is 2.82.